The van der Waals surface area contributed by atoms with Crippen LogP contribution in [0.3, 0.4) is 0 Å². The van der Waals surface area contributed by atoms with Crippen LogP contribution in [0.5, 0.6) is 0 Å². The van der Waals surface area contributed by atoms with E-state index in [-0.39, 0.29) is 13.0 Å². The van der Waals surface area contributed by atoms with Crippen LogP contribution in [0.4, 0.5) is 10.5 Å². The van der Waals surface area contributed by atoms with Gasteiger partial charge < -0.3 is 15.4 Å². The van der Waals surface area contributed by atoms with Crippen LogP contribution < -0.4 is 10.6 Å². The molecule has 2 N–H and O–H groups in total. The Morgan fingerprint density at radius 1 is 1.19 bits per heavy atom. The first-order valence-corrected chi connectivity index (χ1v) is 8.27. The highest BCUT2D eigenvalue weighted by atomic mass is 16.5. The van der Waals surface area contributed by atoms with Crippen molar-refractivity contribution in [2.24, 2.45) is 0 Å². The number of carbonyl (C=O) groups excluding carboxylic acids is 4. The lowest BCUT2D eigenvalue weighted by Crippen LogP contribution is -2.40. The zero-order chi connectivity index (χ0) is 19.5. The number of esters is 1. The molecular formula is C18H23N3O5. The Kier molecular flexibility index (Phi) is 5.64. The molecule has 0 aliphatic carbocycles. The van der Waals surface area contributed by atoms with E-state index in [1.54, 1.807) is 19.9 Å². The minimum absolute atomic E-state index is 0.0916. The van der Waals surface area contributed by atoms with Crippen LogP contribution in [0.1, 0.15) is 31.4 Å². The van der Waals surface area contributed by atoms with Crippen molar-refractivity contribution in [3.63, 3.8) is 0 Å². The molecule has 8 nitrogen and oxygen atoms in total. The monoisotopic (exact) mass is 361 g/mol. The Balaban J connectivity index is 1.76. The van der Waals surface area contributed by atoms with Gasteiger partial charge in [-0.1, -0.05) is 6.07 Å². The van der Waals surface area contributed by atoms with Gasteiger partial charge in [-0.15, -0.1) is 0 Å². The molecule has 0 unspecified atom stereocenters. The van der Waals surface area contributed by atoms with E-state index < -0.39 is 36.0 Å². The molecule has 4 amide bonds. The van der Waals surface area contributed by atoms with E-state index in [0.29, 0.717) is 5.69 Å². The number of nitrogens with one attached hydrogen (secondary N) is 2. The number of hydrogen-bond acceptors (Lipinski definition) is 5. The second kappa shape index (κ2) is 7.55. The van der Waals surface area contributed by atoms with Crippen LogP contribution in [0.15, 0.2) is 18.2 Å². The molecule has 0 radical (unpaired) electrons. The van der Waals surface area contributed by atoms with E-state index in [0.717, 1.165) is 16.0 Å². The summed E-state index contributed by atoms with van der Waals surface area (Å²) < 4.78 is 4.89. The molecule has 0 aromatic heterocycles. The molecule has 0 bridgehead atoms. The van der Waals surface area contributed by atoms with Crippen LogP contribution in [0, 0.1) is 13.8 Å². The fourth-order valence-corrected chi connectivity index (χ4v) is 2.46. The number of amides is 4. The molecule has 8 heteroatoms. The topological polar surface area (TPSA) is 105 Å². The summed E-state index contributed by atoms with van der Waals surface area (Å²) in [7, 11) is 0. The molecule has 1 aliphatic rings. The van der Waals surface area contributed by atoms with E-state index in [1.807, 2.05) is 26.0 Å². The third-order valence-corrected chi connectivity index (χ3v) is 4.14. The largest absolute Gasteiger partial charge is 0.456 e. The molecule has 1 fully saturated rings. The van der Waals surface area contributed by atoms with Crippen LogP contribution in [-0.4, -0.2) is 47.4 Å². The standard InChI is InChI=1S/C18H23N3O5/c1-11-5-6-13(9-12(11)2)19-14(22)10-26-15(23)7-8-21-16(24)18(3,4)20-17(21)25/h5-6,9H,7-8,10H2,1-4H3,(H,19,22)(H,20,25). The normalized spacial score (nSPS) is 15.6. The SMILES string of the molecule is Cc1ccc(NC(=O)COC(=O)CCN2C(=O)NC(C)(C)C2=O)cc1C. The van der Waals surface area contributed by atoms with Crippen molar-refractivity contribution in [2.45, 2.75) is 39.7 Å². The molecule has 1 aliphatic heterocycles. The first-order chi connectivity index (χ1) is 12.1. The predicted octanol–water partition coefficient (Wildman–Crippen LogP) is 1.51. The highest BCUT2D eigenvalue weighted by Crippen LogP contribution is 2.17. The number of nitrogens with zero attached hydrogens (tertiary/aromatic N) is 1. The second-order valence-electron chi connectivity index (χ2n) is 6.77. The Morgan fingerprint density at radius 3 is 2.46 bits per heavy atom. The van der Waals surface area contributed by atoms with E-state index in [2.05, 4.69) is 10.6 Å². The van der Waals surface area contributed by atoms with Crippen molar-refractivity contribution in [3.8, 4) is 0 Å². The van der Waals surface area contributed by atoms with Gasteiger partial charge in [0.25, 0.3) is 11.8 Å². The van der Waals surface area contributed by atoms with Crippen LogP contribution in [0.2, 0.25) is 0 Å². The molecule has 0 spiro atoms. The molecule has 1 aromatic carbocycles. The number of aryl methyl sites for hydroxylation is 2. The number of urea groups is 1. The van der Waals surface area contributed by atoms with Gasteiger partial charge >= 0.3 is 12.0 Å². The van der Waals surface area contributed by atoms with Crippen molar-refractivity contribution in [3.05, 3.63) is 29.3 Å². The highest BCUT2D eigenvalue weighted by molar-refractivity contribution is 6.06. The number of ether oxygens (including phenoxy) is 1. The van der Waals surface area contributed by atoms with Gasteiger partial charge in [-0.2, -0.15) is 0 Å². The minimum Gasteiger partial charge on any atom is -0.456 e. The molecule has 1 saturated heterocycles. The van der Waals surface area contributed by atoms with Gasteiger partial charge in [0.1, 0.15) is 5.54 Å². The average Bonchev–Trinajstić information content (AvgIpc) is 2.75. The zero-order valence-electron chi connectivity index (χ0n) is 15.3. The Labute approximate surface area is 151 Å². The number of anilines is 1. The maximum Gasteiger partial charge on any atom is 0.325 e. The summed E-state index contributed by atoms with van der Waals surface area (Å²) in [4.78, 5) is 48.3. The molecule has 0 saturated carbocycles. The predicted molar refractivity (Wildman–Crippen MR) is 94.4 cm³/mol. The summed E-state index contributed by atoms with van der Waals surface area (Å²) >= 11 is 0. The number of rotatable bonds is 6. The summed E-state index contributed by atoms with van der Waals surface area (Å²) in [6, 6.07) is 4.94. The van der Waals surface area contributed by atoms with Crippen molar-refractivity contribution in [2.75, 3.05) is 18.5 Å². The smallest absolute Gasteiger partial charge is 0.325 e. The maximum atomic E-state index is 12.0. The quantitative estimate of drug-likeness (QED) is 0.590. The Morgan fingerprint density at radius 2 is 1.88 bits per heavy atom. The summed E-state index contributed by atoms with van der Waals surface area (Å²) in [5, 5.41) is 5.17. The lowest BCUT2D eigenvalue weighted by Gasteiger charge is -2.15. The first kappa shape index (κ1) is 19.4. The molecular weight excluding hydrogens is 338 g/mol. The van der Waals surface area contributed by atoms with Gasteiger partial charge in [0, 0.05) is 12.2 Å². The second-order valence-corrected chi connectivity index (χ2v) is 6.77. The number of hydrogen-bond donors (Lipinski definition) is 2. The van der Waals surface area contributed by atoms with Crippen LogP contribution in [0.25, 0.3) is 0 Å². The molecule has 1 heterocycles. The number of carbonyl (C=O) groups is 4. The number of benzene rings is 1. The Bertz CT molecular complexity index is 757. The highest BCUT2D eigenvalue weighted by Gasteiger charge is 2.44. The zero-order valence-corrected chi connectivity index (χ0v) is 15.3. The third-order valence-electron chi connectivity index (χ3n) is 4.14. The summed E-state index contributed by atoms with van der Waals surface area (Å²) in [5.74, 6) is -1.52. The Hall–Kier alpha value is -2.90. The van der Waals surface area contributed by atoms with Gasteiger partial charge in [0.05, 0.1) is 6.42 Å². The van der Waals surface area contributed by atoms with E-state index in [4.69, 9.17) is 4.74 Å². The van der Waals surface area contributed by atoms with Crippen molar-refractivity contribution < 1.29 is 23.9 Å². The minimum atomic E-state index is -0.979. The van der Waals surface area contributed by atoms with Crippen molar-refractivity contribution >= 4 is 29.5 Å². The molecule has 26 heavy (non-hydrogen) atoms. The lowest BCUT2D eigenvalue weighted by molar-refractivity contribution is -0.147. The fourth-order valence-electron chi connectivity index (χ4n) is 2.46. The van der Waals surface area contributed by atoms with Crippen LogP contribution >= 0.6 is 0 Å². The number of imide groups is 1. The lowest BCUT2D eigenvalue weighted by atomic mass is 10.1. The average molecular weight is 361 g/mol. The first-order valence-electron chi connectivity index (χ1n) is 8.27. The summed E-state index contributed by atoms with van der Waals surface area (Å²) in [5.41, 5.74) is 1.79. The maximum absolute atomic E-state index is 12.0. The van der Waals surface area contributed by atoms with Crippen molar-refractivity contribution in [1.82, 2.24) is 10.2 Å². The van der Waals surface area contributed by atoms with Crippen molar-refractivity contribution in [1.29, 1.82) is 0 Å². The molecule has 2 rings (SSSR count). The van der Waals surface area contributed by atoms with Gasteiger partial charge in [0.2, 0.25) is 0 Å². The van der Waals surface area contributed by atoms with Crippen LogP contribution in [-0.2, 0) is 19.1 Å². The van der Waals surface area contributed by atoms with E-state index >= 15 is 0 Å². The molecule has 0 atom stereocenters. The van der Waals surface area contributed by atoms with E-state index in [9.17, 15) is 19.2 Å². The summed E-state index contributed by atoms with van der Waals surface area (Å²) in [6.07, 6.45) is -0.174. The molecule has 140 valence electrons. The van der Waals surface area contributed by atoms with Gasteiger partial charge in [-0.25, -0.2) is 4.79 Å². The van der Waals surface area contributed by atoms with Gasteiger partial charge in [-0.05, 0) is 51.0 Å². The molecule has 1 aromatic rings. The third kappa shape index (κ3) is 4.59. The van der Waals surface area contributed by atoms with E-state index in [1.165, 1.54) is 0 Å². The van der Waals surface area contributed by atoms with Gasteiger partial charge in [0.15, 0.2) is 6.61 Å². The summed E-state index contributed by atoms with van der Waals surface area (Å²) in [6.45, 7) is 6.55. The van der Waals surface area contributed by atoms with Gasteiger partial charge in [-0.3, -0.25) is 19.3 Å². The fraction of sp³-hybridized carbons (Fsp3) is 0.444.